The lowest BCUT2D eigenvalue weighted by Crippen LogP contribution is -2.41. The molecule has 1 amide bonds. The molecular weight excluding hydrogens is 454 g/mol. The number of carbonyl (C=O) groups excluding carboxylic acids is 1. The second kappa shape index (κ2) is 14.5. The minimum atomic E-state index is -0.897. The fourth-order valence-electron chi connectivity index (χ4n) is 4.96. The molecule has 0 saturated carbocycles. The lowest BCUT2D eigenvalue weighted by Gasteiger charge is -2.28. The van der Waals surface area contributed by atoms with Gasteiger partial charge in [0, 0.05) is 0 Å². The van der Waals surface area contributed by atoms with Crippen LogP contribution in [0.15, 0.2) is 72.4 Å². The van der Waals surface area contributed by atoms with Crippen LogP contribution in [0.25, 0.3) is 0 Å². The SMILES string of the molecule is C=C1C[C@H](C)C[C@@H]2CC=C[C@@H](C/C=C\C(=O)N[C@H]([C@@H](O)/C=C/[C@@H]3CC(C)=CCO3)C/C=C/[C@@H](O)C1)O2. The zero-order valence-corrected chi connectivity index (χ0v) is 21.7. The van der Waals surface area contributed by atoms with Crippen molar-refractivity contribution < 1.29 is 24.5 Å². The van der Waals surface area contributed by atoms with Gasteiger partial charge in [0.1, 0.15) is 0 Å². The molecule has 0 radical (unpaired) electrons. The Morgan fingerprint density at radius 3 is 2.75 bits per heavy atom. The van der Waals surface area contributed by atoms with Crippen LogP contribution in [-0.2, 0) is 14.3 Å². The van der Waals surface area contributed by atoms with Crippen molar-refractivity contribution in [2.24, 2.45) is 5.92 Å². The van der Waals surface area contributed by atoms with Crippen LogP contribution in [0.2, 0.25) is 0 Å². The van der Waals surface area contributed by atoms with Crippen LogP contribution in [0.4, 0.5) is 0 Å². The predicted octanol–water partition coefficient (Wildman–Crippen LogP) is 4.47. The van der Waals surface area contributed by atoms with Crippen LogP contribution in [0.5, 0.6) is 0 Å². The molecule has 3 rings (SSSR count). The van der Waals surface area contributed by atoms with Crippen molar-refractivity contribution in [2.45, 2.75) is 95.4 Å². The van der Waals surface area contributed by atoms with Crippen molar-refractivity contribution in [2.75, 3.05) is 6.61 Å². The zero-order valence-electron chi connectivity index (χ0n) is 21.7. The van der Waals surface area contributed by atoms with Crippen LogP contribution < -0.4 is 5.32 Å². The molecule has 0 aliphatic carbocycles. The third-order valence-electron chi connectivity index (χ3n) is 6.83. The maximum absolute atomic E-state index is 12.7. The number of ether oxygens (including phenoxy) is 2. The first-order chi connectivity index (χ1) is 17.3. The molecule has 6 nitrogen and oxygen atoms in total. The largest absolute Gasteiger partial charge is 0.389 e. The highest BCUT2D eigenvalue weighted by Crippen LogP contribution is 2.25. The Bertz CT molecular complexity index is 886. The number of hydrogen-bond acceptors (Lipinski definition) is 5. The molecule has 36 heavy (non-hydrogen) atoms. The van der Waals surface area contributed by atoms with Gasteiger partial charge in [0.15, 0.2) is 0 Å². The molecule has 2 bridgehead atoms. The molecular formula is C30H43NO5. The van der Waals surface area contributed by atoms with Crippen LogP contribution in [0, 0.1) is 5.92 Å². The summed E-state index contributed by atoms with van der Waals surface area (Å²) in [7, 11) is 0. The van der Waals surface area contributed by atoms with Crippen molar-refractivity contribution in [3.8, 4) is 0 Å². The summed E-state index contributed by atoms with van der Waals surface area (Å²) < 4.78 is 11.9. The van der Waals surface area contributed by atoms with Gasteiger partial charge in [-0.15, -0.1) is 0 Å². The fourth-order valence-corrected chi connectivity index (χ4v) is 4.96. The highest BCUT2D eigenvalue weighted by atomic mass is 16.5. The van der Waals surface area contributed by atoms with E-state index in [9.17, 15) is 15.0 Å². The van der Waals surface area contributed by atoms with Gasteiger partial charge in [-0.1, -0.05) is 73.3 Å². The van der Waals surface area contributed by atoms with E-state index < -0.39 is 18.2 Å². The smallest absolute Gasteiger partial charge is 0.243 e. The molecule has 0 unspecified atom stereocenters. The Balaban J connectivity index is 1.70. The molecule has 0 aromatic rings. The highest BCUT2D eigenvalue weighted by Gasteiger charge is 2.22. The number of fused-ring (bicyclic) bond motifs is 2. The van der Waals surface area contributed by atoms with E-state index in [1.54, 1.807) is 12.2 Å². The molecule has 3 heterocycles. The predicted molar refractivity (Wildman–Crippen MR) is 143 cm³/mol. The van der Waals surface area contributed by atoms with Gasteiger partial charge in [-0.05, 0) is 63.9 Å². The molecule has 0 aromatic carbocycles. The average molecular weight is 498 g/mol. The monoisotopic (exact) mass is 497 g/mol. The third-order valence-corrected chi connectivity index (χ3v) is 6.83. The molecule has 3 aliphatic heterocycles. The van der Waals surface area contributed by atoms with Gasteiger partial charge < -0.3 is 25.0 Å². The van der Waals surface area contributed by atoms with Crippen molar-refractivity contribution in [3.05, 3.63) is 72.4 Å². The summed E-state index contributed by atoms with van der Waals surface area (Å²) >= 11 is 0. The van der Waals surface area contributed by atoms with E-state index >= 15 is 0 Å². The number of amides is 1. The van der Waals surface area contributed by atoms with Gasteiger partial charge >= 0.3 is 0 Å². The summed E-state index contributed by atoms with van der Waals surface area (Å²) in [5.74, 6) is 0.137. The number of nitrogens with one attached hydrogen (secondary N) is 1. The first-order valence-corrected chi connectivity index (χ1v) is 13.2. The van der Waals surface area contributed by atoms with Crippen molar-refractivity contribution in [1.82, 2.24) is 5.32 Å². The number of aliphatic hydroxyl groups excluding tert-OH is 2. The van der Waals surface area contributed by atoms with Crippen LogP contribution in [-0.4, -0.2) is 59.3 Å². The van der Waals surface area contributed by atoms with E-state index in [1.165, 1.54) is 11.6 Å². The van der Waals surface area contributed by atoms with E-state index in [1.807, 2.05) is 18.2 Å². The molecule has 3 N–H and O–H groups in total. The number of aliphatic hydroxyl groups is 2. The summed E-state index contributed by atoms with van der Waals surface area (Å²) in [6, 6.07) is -0.542. The lowest BCUT2D eigenvalue weighted by atomic mass is 9.91. The van der Waals surface area contributed by atoms with Crippen molar-refractivity contribution in [1.29, 1.82) is 0 Å². The van der Waals surface area contributed by atoms with E-state index in [2.05, 4.69) is 44.0 Å². The van der Waals surface area contributed by atoms with Crippen LogP contribution in [0.1, 0.15) is 58.8 Å². The van der Waals surface area contributed by atoms with Crippen molar-refractivity contribution in [3.63, 3.8) is 0 Å². The van der Waals surface area contributed by atoms with E-state index in [4.69, 9.17) is 9.47 Å². The van der Waals surface area contributed by atoms with Gasteiger partial charge in [0.25, 0.3) is 0 Å². The first-order valence-electron chi connectivity index (χ1n) is 13.2. The molecule has 0 fully saturated rings. The maximum atomic E-state index is 12.7. The average Bonchev–Trinajstić information content (AvgIpc) is 2.81. The molecule has 7 atom stereocenters. The Hall–Kier alpha value is -2.25. The van der Waals surface area contributed by atoms with Gasteiger partial charge in [-0.25, -0.2) is 0 Å². The number of carbonyl (C=O) groups is 1. The molecule has 198 valence electrons. The first kappa shape index (κ1) is 28.3. The maximum Gasteiger partial charge on any atom is 0.243 e. The fraction of sp³-hybridized carbons (Fsp3) is 0.567. The lowest BCUT2D eigenvalue weighted by molar-refractivity contribution is -0.117. The summed E-state index contributed by atoms with van der Waals surface area (Å²) in [4.78, 5) is 12.7. The molecule has 3 aliphatic rings. The van der Waals surface area contributed by atoms with E-state index in [-0.39, 0.29) is 24.2 Å². The second-order valence-electron chi connectivity index (χ2n) is 10.4. The van der Waals surface area contributed by atoms with Crippen molar-refractivity contribution >= 4 is 5.91 Å². The van der Waals surface area contributed by atoms with Crippen LogP contribution in [0.3, 0.4) is 0 Å². The Kier molecular flexibility index (Phi) is 11.4. The minimum Gasteiger partial charge on any atom is -0.389 e. The standard InChI is InChI=1S/C30H43NO5/c1-21-15-16-35-26(19-21)13-14-29(33)28-11-4-7-24(32)18-22(2)17-23(3)20-27-10-5-8-25(36-27)9-6-12-30(34)31-28/h4-8,12-15,23-29,32-33H,2,9-11,16-20H2,1,3H3,(H,31,34)/b7-4+,12-6-,14-13+/t23-,24+,25-,26+,27-,28-,29-/m0/s1. The van der Waals surface area contributed by atoms with Gasteiger partial charge in [-0.2, -0.15) is 0 Å². The third kappa shape index (κ3) is 10.0. The highest BCUT2D eigenvalue weighted by molar-refractivity contribution is 5.87. The molecule has 6 heteroatoms. The Morgan fingerprint density at radius 1 is 1.14 bits per heavy atom. The summed E-state index contributed by atoms with van der Waals surface area (Å²) in [5, 5.41) is 24.3. The topological polar surface area (TPSA) is 88.0 Å². The van der Waals surface area contributed by atoms with Gasteiger partial charge in [-0.3, -0.25) is 4.79 Å². The van der Waals surface area contributed by atoms with Gasteiger partial charge in [0.2, 0.25) is 5.91 Å². The summed E-state index contributed by atoms with van der Waals surface area (Å²) in [6.07, 6.45) is 20.1. The van der Waals surface area contributed by atoms with Gasteiger partial charge in [0.05, 0.1) is 43.2 Å². The number of rotatable bonds is 3. The van der Waals surface area contributed by atoms with E-state index in [0.29, 0.717) is 31.8 Å². The molecule has 0 spiro atoms. The zero-order chi connectivity index (χ0) is 25.9. The van der Waals surface area contributed by atoms with Crippen LogP contribution >= 0.6 is 0 Å². The quantitative estimate of drug-likeness (QED) is 0.501. The minimum absolute atomic E-state index is 0.0517. The molecule has 0 aromatic heterocycles. The summed E-state index contributed by atoms with van der Waals surface area (Å²) in [5.41, 5.74) is 2.27. The normalized spacial score (nSPS) is 35.8. The molecule has 0 saturated heterocycles. The Labute approximate surface area is 216 Å². The second-order valence-corrected chi connectivity index (χ2v) is 10.4. The van der Waals surface area contributed by atoms with E-state index in [0.717, 1.165) is 31.3 Å². The Morgan fingerprint density at radius 2 is 1.94 bits per heavy atom. The number of hydrogen-bond donors (Lipinski definition) is 3. The summed E-state index contributed by atoms with van der Waals surface area (Å²) in [6.45, 7) is 9.00.